The van der Waals surface area contributed by atoms with E-state index in [-0.39, 0.29) is 24.6 Å². The Bertz CT molecular complexity index is 1030. The predicted octanol–water partition coefficient (Wildman–Crippen LogP) is 4.36. The van der Waals surface area contributed by atoms with Gasteiger partial charge in [0, 0.05) is 25.1 Å². The van der Waals surface area contributed by atoms with Crippen LogP contribution in [0.15, 0.2) is 41.7 Å². The summed E-state index contributed by atoms with van der Waals surface area (Å²) in [5.74, 6) is 1.21. The van der Waals surface area contributed by atoms with Gasteiger partial charge in [0.2, 0.25) is 0 Å². The Balaban J connectivity index is 0.000000330. The zero-order valence-corrected chi connectivity index (χ0v) is 19.4. The Morgan fingerprint density at radius 1 is 1.23 bits per heavy atom. The lowest BCUT2D eigenvalue weighted by molar-refractivity contribution is -0.0647. The van der Waals surface area contributed by atoms with Gasteiger partial charge in [-0.1, -0.05) is 44.2 Å². The van der Waals surface area contributed by atoms with E-state index >= 15 is 0 Å². The van der Waals surface area contributed by atoms with Gasteiger partial charge in [-0.05, 0) is 26.2 Å². The minimum Gasteiger partial charge on any atom is -0.375 e. The topological polar surface area (TPSA) is 77.3 Å². The number of rotatable bonds is 5. The largest absolute Gasteiger partial charge is 0.375 e. The first-order chi connectivity index (χ1) is 14.6. The molecule has 0 amide bonds. The average Bonchev–Trinajstić information content (AvgIpc) is 3.48. The molecule has 2 aliphatic heterocycles. The predicted molar refractivity (Wildman–Crippen MR) is 123 cm³/mol. The number of methoxy groups -OCH3 is 1. The SMILES string of the molecule is C1CC2CC1O2.CCN=c1ncn(C(OC)c2ccccc2)c2nc(C(C)C)[nH]c12.Cl. The smallest absolute Gasteiger partial charge is 0.176 e. The number of hydrogen-bond acceptors (Lipinski definition) is 5. The molecule has 3 unspecified atom stereocenters. The van der Waals surface area contributed by atoms with Crippen molar-refractivity contribution in [2.75, 3.05) is 13.7 Å². The Labute approximate surface area is 189 Å². The number of halogens is 1. The zero-order valence-electron chi connectivity index (χ0n) is 18.6. The van der Waals surface area contributed by atoms with Gasteiger partial charge in [0.05, 0.1) is 12.2 Å². The molecule has 2 saturated heterocycles. The van der Waals surface area contributed by atoms with Crippen LogP contribution in [0.25, 0.3) is 11.2 Å². The third-order valence-electron chi connectivity index (χ3n) is 5.61. The summed E-state index contributed by atoms with van der Waals surface area (Å²) in [7, 11) is 1.69. The molecule has 6 rings (SSSR count). The number of hydrogen-bond donors (Lipinski definition) is 1. The standard InChI is InChI=1S/C18H23N5O.C5H8O.ClH/c1-5-19-16-14-17(22-15(21-14)12(2)3)23(11-20-16)18(24-4)13-9-7-6-8-10-13;1-2-5-3-4(1)6-5;/h6-12,18H,5H2,1-4H3,(H,21,22);4-5H,1-3H2;1H. The van der Waals surface area contributed by atoms with Gasteiger partial charge in [0.15, 0.2) is 17.4 Å². The lowest BCUT2D eigenvalue weighted by atomic mass is 10.2. The van der Waals surface area contributed by atoms with Gasteiger partial charge >= 0.3 is 0 Å². The molecule has 0 spiro atoms. The van der Waals surface area contributed by atoms with E-state index in [1.54, 1.807) is 13.4 Å². The fraction of sp³-hybridized carbons (Fsp3) is 0.522. The van der Waals surface area contributed by atoms with E-state index in [9.17, 15) is 0 Å². The van der Waals surface area contributed by atoms with Crippen LogP contribution in [-0.2, 0) is 9.47 Å². The van der Waals surface area contributed by atoms with E-state index in [4.69, 9.17) is 14.5 Å². The van der Waals surface area contributed by atoms with Gasteiger partial charge in [-0.25, -0.2) is 9.97 Å². The molecule has 3 aromatic rings. The molecule has 3 atom stereocenters. The summed E-state index contributed by atoms with van der Waals surface area (Å²) in [6, 6.07) is 10.1. The lowest BCUT2D eigenvalue weighted by Gasteiger charge is -2.23. The maximum Gasteiger partial charge on any atom is 0.176 e. The zero-order chi connectivity index (χ0) is 21.1. The first-order valence-electron chi connectivity index (χ1n) is 10.8. The molecule has 8 heteroatoms. The van der Waals surface area contributed by atoms with E-state index < -0.39 is 0 Å². The Morgan fingerprint density at radius 2 is 1.90 bits per heavy atom. The molecular weight excluding hydrogens is 414 g/mol. The van der Waals surface area contributed by atoms with Crippen LogP contribution in [0.4, 0.5) is 0 Å². The average molecular weight is 446 g/mol. The second-order valence-electron chi connectivity index (χ2n) is 8.12. The minimum absolute atomic E-state index is 0. The van der Waals surface area contributed by atoms with E-state index in [2.05, 4.69) is 28.8 Å². The van der Waals surface area contributed by atoms with E-state index in [1.165, 1.54) is 19.3 Å². The Kier molecular flexibility index (Phi) is 7.86. The Morgan fingerprint density at radius 3 is 2.42 bits per heavy atom. The van der Waals surface area contributed by atoms with Crippen LogP contribution in [0.1, 0.15) is 63.6 Å². The molecule has 1 N–H and O–H groups in total. The van der Waals surface area contributed by atoms with Crippen LogP contribution in [0, 0.1) is 0 Å². The summed E-state index contributed by atoms with van der Waals surface area (Å²) in [6.45, 7) is 6.89. The van der Waals surface area contributed by atoms with Crippen LogP contribution < -0.4 is 5.49 Å². The van der Waals surface area contributed by atoms with Crippen molar-refractivity contribution in [3.05, 3.63) is 53.5 Å². The number of benzene rings is 1. The summed E-state index contributed by atoms with van der Waals surface area (Å²) in [5.41, 5.74) is 3.38. The van der Waals surface area contributed by atoms with Crippen LogP contribution in [0.3, 0.4) is 0 Å². The van der Waals surface area contributed by atoms with Crippen molar-refractivity contribution < 1.29 is 9.47 Å². The number of nitrogens with zero attached hydrogens (tertiary/aromatic N) is 4. The van der Waals surface area contributed by atoms with Crippen molar-refractivity contribution in [2.24, 2.45) is 4.99 Å². The van der Waals surface area contributed by atoms with E-state index in [0.29, 0.717) is 24.2 Å². The van der Waals surface area contributed by atoms with Crippen molar-refractivity contribution >= 4 is 23.6 Å². The van der Waals surface area contributed by atoms with Crippen molar-refractivity contribution in [3.63, 3.8) is 0 Å². The summed E-state index contributed by atoms with van der Waals surface area (Å²) in [5, 5.41) is 0. The van der Waals surface area contributed by atoms with E-state index in [1.807, 2.05) is 41.8 Å². The molecule has 168 valence electrons. The summed E-state index contributed by atoms with van der Waals surface area (Å²) < 4.78 is 12.9. The summed E-state index contributed by atoms with van der Waals surface area (Å²) in [4.78, 5) is 17.1. The first kappa shape index (κ1) is 23.4. The molecule has 1 aromatic carbocycles. The first-order valence-corrected chi connectivity index (χ1v) is 10.8. The molecule has 1 saturated carbocycles. The molecule has 2 bridgehead atoms. The number of imidazole rings is 1. The highest BCUT2D eigenvalue weighted by molar-refractivity contribution is 5.85. The number of aromatic amines is 1. The van der Waals surface area contributed by atoms with Crippen molar-refractivity contribution in [3.8, 4) is 0 Å². The van der Waals surface area contributed by atoms with Crippen LogP contribution in [-0.4, -0.2) is 45.4 Å². The quantitative estimate of drug-likeness (QED) is 0.633. The van der Waals surface area contributed by atoms with Gasteiger partial charge in [-0.3, -0.25) is 9.56 Å². The summed E-state index contributed by atoms with van der Waals surface area (Å²) in [6.07, 6.45) is 6.88. The number of H-pyrrole nitrogens is 1. The van der Waals surface area contributed by atoms with Crippen LogP contribution >= 0.6 is 12.4 Å². The van der Waals surface area contributed by atoms with Crippen LogP contribution in [0.2, 0.25) is 0 Å². The van der Waals surface area contributed by atoms with Gasteiger partial charge < -0.3 is 14.5 Å². The van der Waals surface area contributed by atoms with E-state index in [0.717, 1.165) is 22.6 Å². The van der Waals surface area contributed by atoms with Crippen molar-refractivity contribution in [1.82, 2.24) is 19.5 Å². The van der Waals surface area contributed by atoms with Crippen LogP contribution in [0.5, 0.6) is 0 Å². The third kappa shape index (κ3) is 5.00. The number of fused-ring (bicyclic) bond motifs is 2. The molecule has 4 heterocycles. The maximum atomic E-state index is 5.74. The summed E-state index contributed by atoms with van der Waals surface area (Å²) >= 11 is 0. The third-order valence-corrected chi connectivity index (χ3v) is 5.61. The fourth-order valence-electron chi connectivity index (χ4n) is 4.00. The second kappa shape index (κ2) is 10.4. The molecule has 2 aromatic heterocycles. The number of ether oxygens (including phenoxy) is 2. The highest BCUT2D eigenvalue weighted by Crippen LogP contribution is 2.36. The Hall–Kier alpha value is -2.22. The molecule has 3 aliphatic rings. The normalized spacial score (nSPS) is 20.7. The molecular formula is C23H32ClN5O2. The molecule has 0 radical (unpaired) electrons. The number of nitrogens with one attached hydrogen (secondary N) is 1. The van der Waals surface area contributed by atoms with Crippen molar-refractivity contribution in [1.29, 1.82) is 0 Å². The highest BCUT2D eigenvalue weighted by Gasteiger charge is 2.36. The highest BCUT2D eigenvalue weighted by atomic mass is 35.5. The second-order valence-corrected chi connectivity index (χ2v) is 8.12. The van der Waals surface area contributed by atoms with Gasteiger partial charge in [-0.2, -0.15) is 0 Å². The van der Waals surface area contributed by atoms with Gasteiger partial charge in [0.1, 0.15) is 17.7 Å². The molecule has 7 nitrogen and oxygen atoms in total. The fourth-order valence-corrected chi connectivity index (χ4v) is 4.00. The molecule has 1 aliphatic carbocycles. The maximum absolute atomic E-state index is 5.74. The van der Waals surface area contributed by atoms with Gasteiger partial charge in [-0.15, -0.1) is 12.4 Å². The lowest BCUT2D eigenvalue weighted by Crippen LogP contribution is -2.25. The molecule has 31 heavy (non-hydrogen) atoms. The number of aromatic nitrogens is 4. The van der Waals surface area contributed by atoms with Crippen molar-refractivity contribution in [2.45, 2.75) is 64.4 Å². The van der Waals surface area contributed by atoms with Gasteiger partial charge in [0.25, 0.3) is 0 Å². The monoisotopic (exact) mass is 445 g/mol. The minimum atomic E-state index is -0.291. The molecule has 3 fully saturated rings.